The predicted molar refractivity (Wildman–Crippen MR) is 74.3 cm³/mol. The van der Waals surface area contributed by atoms with Gasteiger partial charge in [-0.05, 0) is 24.2 Å². The van der Waals surface area contributed by atoms with Crippen molar-refractivity contribution in [3.63, 3.8) is 0 Å². The highest BCUT2D eigenvalue weighted by molar-refractivity contribution is 7.99. The second kappa shape index (κ2) is 6.43. The van der Waals surface area contributed by atoms with E-state index in [4.69, 9.17) is 0 Å². The molecule has 2 rings (SSSR count). The lowest BCUT2D eigenvalue weighted by Crippen LogP contribution is -2.42. The Labute approximate surface area is 108 Å². The van der Waals surface area contributed by atoms with Crippen LogP contribution in [0.15, 0.2) is 30.3 Å². The fourth-order valence-electron chi connectivity index (χ4n) is 2.34. The molecule has 94 valence electrons. The minimum Gasteiger partial charge on any atom is -0.394 e. The van der Waals surface area contributed by atoms with Gasteiger partial charge in [-0.1, -0.05) is 37.3 Å². The SMILES string of the molecule is CC1SCCCC1N[C@@H](CO)c1ccccc1. The van der Waals surface area contributed by atoms with Gasteiger partial charge in [-0.3, -0.25) is 0 Å². The van der Waals surface area contributed by atoms with E-state index in [2.05, 4.69) is 24.4 Å². The molecule has 1 aromatic rings. The van der Waals surface area contributed by atoms with Gasteiger partial charge in [0.15, 0.2) is 0 Å². The predicted octanol–water partition coefficient (Wildman–Crippen LogP) is 2.59. The molecule has 1 aromatic carbocycles. The Morgan fingerprint density at radius 1 is 1.41 bits per heavy atom. The molecule has 17 heavy (non-hydrogen) atoms. The zero-order chi connectivity index (χ0) is 12.1. The molecule has 2 unspecified atom stereocenters. The standard InChI is InChI=1S/C14H21NOS/c1-11-13(8-5-9-17-11)15-14(10-16)12-6-3-2-4-7-12/h2-4,6-7,11,13-16H,5,8-10H2,1H3/t11?,13?,14-/m0/s1. The third-order valence-corrected chi connectivity index (χ3v) is 4.79. The van der Waals surface area contributed by atoms with E-state index in [1.54, 1.807) is 0 Å². The molecule has 0 radical (unpaired) electrons. The number of hydrogen-bond acceptors (Lipinski definition) is 3. The average molecular weight is 251 g/mol. The molecule has 0 bridgehead atoms. The molecule has 0 amide bonds. The topological polar surface area (TPSA) is 32.3 Å². The second-order valence-electron chi connectivity index (χ2n) is 4.64. The number of aliphatic hydroxyl groups is 1. The van der Waals surface area contributed by atoms with Gasteiger partial charge in [-0.15, -0.1) is 0 Å². The quantitative estimate of drug-likeness (QED) is 0.862. The van der Waals surface area contributed by atoms with Crippen LogP contribution in [0.25, 0.3) is 0 Å². The normalized spacial score (nSPS) is 26.7. The van der Waals surface area contributed by atoms with Crippen LogP contribution in [-0.4, -0.2) is 28.8 Å². The summed E-state index contributed by atoms with van der Waals surface area (Å²) in [5.41, 5.74) is 1.18. The summed E-state index contributed by atoms with van der Waals surface area (Å²) in [6, 6.07) is 10.8. The van der Waals surface area contributed by atoms with Crippen LogP contribution in [0.2, 0.25) is 0 Å². The number of benzene rings is 1. The molecule has 0 saturated carbocycles. The minimum atomic E-state index is 0.0716. The zero-order valence-electron chi connectivity index (χ0n) is 10.3. The molecule has 3 atom stereocenters. The van der Waals surface area contributed by atoms with Crippen LogP contribution < -0.4 is 5.32 Å². The van der Waals surface area contributed by atoms with Gasteiger partial charge in [0.1, 0.15) is 0 Å². The van der Waals surface area contributed by atoms with Gasteiger partial charge in [0, 0.05) is 11.3 Å². The molecule has 1 aliphatic heterocycles. The maximum Gasteiger partial charge on any atom is 0.0626 e. The summed E-state index contributed by atoms with van der Waals surface area (Å²) in [5.74, 6) is 1.27. The van der Waals surface area contributed by atoms with E-state index in [1.165, 1.54) is 24.2 Å². The van der Waals surface area contributed by atoms with Crippen LogP contribution >= 0.6 is 11.8 Å². The van der Waals surface area contributed by atoms with Gasteiger partial charge in [0.05, 0.1) is 12.6 Å². The van der Waals surface area contributed by atoms with Gasteiger partial charge in [0.2, 0.25) is 0 Å². The van der Waals surface area contributed by atoms with Crippen molar-refractivity contribution >= 4 is 11.8 Å². The van der Waals surface area contributed by atoms with Crippen LogP contribution in [0.5, 0.6) is 0 Å². The highest BCUT2D eigenvalue weighted by atomic mass is 32.2. The molecule has 1 fully saturated rings. The Kier molecular flexibility index (Phi) is 4.89. The Hall–Kier alpha value is -0.510. The second-order valence-corrected chi connectivity index (χ2v) is 6.12. The lowest BCUT2D eigenvalue weighted by atomic mass is 10.0. The highest BCUT2D eigenvalue weighted by Gasteiger charge is 2.24. The molecular formula is C14H21NOS. The van der Waals surface area contributed by atoms with Crippen molar-refractivity contribution in [3.8, 4) is 0 Å². The van der Waals surface area contributed by atoms with Gasteiger partial charge < -0.3 is 10.4 Å². The van der Waals surface area contributed by atoms with Crippen LogP contribution in [0.4, 0.5) is 0 Å². The van der Waals surface area contributed by atoms with E-state index in [1.807, 2.05) is 30.0 Å². The van der Waals surface area contributed by atoms with Crippen molar-refractivity contribution in [3.05, 3.63) is 35.9 Å². The molecule has 2 nitrogen and oxygen atoms in total. The van der Waals surface area contributed by atoms with Crippen LogP contribution in [-0.2, 0) is 0 Å². The Bertz CT molecular complexity index is 330. The number of hydrogen-bond donors (Lipinski definition) is 2. The maximum absolute atomic E-state index is 9.53. The Morgan fingerprint density at radius 2 is 2.18 bits per heavy atom. The first-order valence-electron chi connectivity index (χ1n) is 6.34. The van der Waals surface area contributed by atoms with E-state index in [-0.39, 0.29) is 12.6 Å². The van der Waals surface area contributed by atoms with Gasteiger partial charge >= 0.3 is 0 Å². The monoisotopic (exact) mass is 251 g/mol. The van der Waals surface area contributed by atoms with Crippen molar-refractivity contribution in [1.29, 1.82) is 0 Å². The largest absolute Gasteiger partial charge is 0.394 e. The van der Waals surface area contributed by atoms with E-state index in [0.29, 0.717) is 11.3 Å². The molecular weight excluding hydrogens is 230 g/mol. The fraction of sp³-hybridized carbons (Fsp3) is 0.571. The van der Waals surface area contributed by atoms with Crippen LogP contribution in [0.1, 0.15) is 31.4 Å². The average Bonchev–Trinajstić information content (AvgIpc) is 2.39. The van der Waals surface area contributed by atoms with Crippen LogP contribution in [0.3, 0.4) is 0 Å². The Morgan fingerprint density at radius 3 is 2.82 bits per heavy atom. The zero-order valence-corrected chi connectivity index (χ0v) is 11.1. The summed E-state index contributed by atoms with van der Waals surface area (Å²) in [4.78, 5) is 0. The van der Waals surface area contributed by atoms with E-state index in [0.717, 1.165) is 0 Å². The lowest BCUT2D eigenvalue weighted by Gasteiger charge is -2.32. The van der Waals surface area contributed by atoms with Crippen molar-refractivity contribution < 1.29 is 5.11 Å². The summed E-state index contributed by atoms with van der Waals surface area (Å²) < 4.78 is 0. The molecule has 0 aromatic heterocycles. The van der Waals surface area contributed by atoms with Crippen molar-refractivity contribution in [2.45, 2.75) is 37.1 Å². The number of thioether (sulfide) groups is 1. The molecule has 1 saturated heterocycles. The summed E-state index contributed by atoms with van der Waals surface area (Å²) in [6.07, 6.45) is 2.50. The molecule has 0 spiro atoms. The van der Waals surface area contributed by atoms with Crippen molar-refractivity contribution in [1.82, 2.24) is 5.32 Å². The van der Waals surface area contributed by atoms with E-state index in [9.17, 15) is 5.11 Å². The summed E-state index contributed by atoms with van der Waals surface area (Å²) in [5, 5.41) is 13.8. The number of nitrogens with one attached hydrogen (secondary N) is 1. The summed E-state index contributed by atoms with van der Waals surface area (Å²) in [7, 11) is 0. The smallest absolute Gasteiger partial charge is 0.0626 e. The molecule has 0 aliphatic carbocycles. The highest BCUT2D eigenvalue weighted by Crippen LogP contribution is 2.27. The summed E-state index contributed by atoms with van der Waals surface area (Å²) in [6.45, 7) is 2.44. The van der Waals surface area contributed by atoms with Crippen LogP contribution in [0, 0.1) is 0 Å². The maximum atomic E-state index is 9.53. The van der Waals surface area contributed by atoms with E-state index < -0.39 is 0 Å². The number of rotatable bonds is 4. The summed E-state index contributed by atoms with van der Waals surface area (Å²) >= 11 is 2.03. The van der Waals surface area contributed by atoms with Crippen molar-refractivity contribution in [2.75, 3.05) is 12.4 Å². The van der Waals surface area contributed by atoms with Gasteiger partial charge in [0.25, 0.3) is 0 Å². The van der Waals surface area contributed by atoms with Gasteiger partial charge in [-0.25, -0.2) is 0 Å². The third-order valence-electron chi connectivity index (χ3n) is 3.41. The number of aliphatic hydroxyl groups excluding tert-OH is 1. The first-order valence-corrected chi connectivity index (χ1v) is 7.39. The molecule has 1 aliphatic rings. The first-order chi connectivity index (χ1) is 8.31. The first kappa shape index (κ1) is 12.9. The molecule has 2 N–H and O–H groups in total. The van der Waals surface area contributed by atoms with E-state index >= 15 is 0 Å². The molecule has 3 heteroatoms. The fourth-order valence-corrected chi connectivity index (χ4v) is 3.49. The van der Waals surface area contributed by atoms with Crippen molar-refractivity contribution in [2.24, 2.45) is 0 Å². The lowest BCUT2D eigenvalue weighted by molar-refractivity contribution is 0.229. The Balaban J connectivity index is 1.99. The minimum absolute atomic E-state index is 0.0716. The molecule has 1 heterocycles. The van der Waals surface area contributed by atoms with Gasteiger partial charge in [-0.2, -0.15) is 11.8 Å². The third kappa shape index (κ3) is 3.47.